The number of aliphatic carboxylic acids is 1. The summed E-state index contributed by atoms with van der Waals surface area (Å²) in [5.41, 5.74) is 0. The molecule has 1 saturated heterocycles. The van der Waals surface area contributed by atoms with Gasteiger partial charge in [-0.15, -0.1) is 0 Å². The van der Waals surface area contributed by atoms with Gasteiger partial charge in [0.25, 0.3) is 0 Å². The van der Waals surface area contributed by atoms with E-state index in [9.17, 15) is 9.59 Å². The molecular weight excluding hydrogens is 226 g/mol. The second kappa shape index (κ2) is 6.56. The Balaban J connectivity index is 2.27. The van der Waals surface area contributed by atoms with Crippen molar-refractivity contribution in [3.63, 3.8) is 0 Å². The Labute approximate surface area is 100 Å². The number of carboxylic acid groups (broad SMARTS) is 1. The number of carboxylic acids is 1. The Morgan fingerprint density at radius 1 is 1.47 bits per heavy atom. The molecule has 1 fully saturated rings. The molecule has 0 aliphatic carbocycles. The molecule has 3 atom stereocenters. The second-order valence-corrected chi connectivity index (χ2v) is 4.04. The van der Waals surface area contributed by atoms with E-state index in [-0.39, 0.29) is 12.0 Å². The average molecular weight is 245 g/mol. The maximum absolute atomic E-state index is 11.6. The van der Waals surface area contributed by atoms with E-state index in [1.165, 1.54) is 0 Å². The average Bonchev–Trinajstić information content (AvgIpc) is 2.75. The smallest absolute Gasteiger partial charge is 0.332 e. The fraction of sp³-hybridized carbons (Fsp3) is 0.818. The van der Waals surface area contributed by atoms with Crippen LogP contribution in [0.2, 0.25) is 0 Å². The zero-order chi connectivity index (χ0) is 12.8. The van der Waals surface area contributed by atoms with E-state index in [4.69, 9.17) is 14.6 Å². The molecule has 98 valence electrons. The van der Waals surface area contributed by atoms with Crippen LogP contribution in [-0.2, 0) is 19.1 Å². The molecule has 17 heavy (non-hydrogen) atoms. The van der Waals surface area contributed by atoms with Gasteiger partial charge in [0.1, 0.15) is 6.10 Å². The van der Waals surface area contributed by atoms with E-state index in [1.807, 2.05) is 13.8 Å². The summed E-state index contributed by atoms with van der Waals surface area (Å²) in [5.74, 6) is -1.27. The standard InChI is InChI=1S/C11H19NO5/c1-3-16-7(2)6-12-10(13)8-4-5-9(17-8)11(14)15/h7-9H,3-6H2,1-2H3,(H,12,13)(H,14,15). The largest absolute Gasteiger partial charge is 0.479 e. The number of amides is 1. The fourth-order valence-electron chi connectivity index (χ4n) is 1.71. The van der Waals surface area contributed by atoms with Crippen LogP contribution in [0.4, 0.5) is 0 Å². The summed E-state index contributed by atoms with van der Waals surface area (Å²) in [4.78, 5) is 22.3. The van der Waals surface area contributed by atoms with Gasteiger partial charge in [-0.3, -0.25) is 4.79 Å². The first-order valence-electron chi connectivity index (χ1n) is 5.82. The Hall–Kier alpha value is -1.14. The van der Waals surface area contributed by atoms with Crippen LogP contribution in [0.5, 0.6) is 0 Å². The Morgan fingerprint density at radius 2 is 2.12 bits per heavy atom. The van der Waals surface area contributed by atoms with Crippen LogP contribution in [0.3, 0.4) is 0 Å². The molecule has 1 heterocycles. The highest BCUT2D eigenvalue weighted by Crippen LogP contribution is 2.19. The highest BCUT2D eigenvalue weighted by atomic mass is 16.5. The molecule has 6 nitrogen and oxygen atoms in total. The molecule has 0 bridgehead atoms. The molecule has 3 unspecified atom stereocenters. The van der Waals surface area contributed by atoms with Crippen LogP contribution in [-0.4, -0.2) is 48.4 Å². The number of carbonyl (C=O) groups excluding carboxylic acids is 1. The van der Waals surface area contributed by atoms with E-state index in [0.717, 1.165) is 0 Å². The molecule has 1 aliphatic rings. The zero-order valence-corrected chi connectivity index (χ0v) is 10.1. The van der Waals surface area contributed by atoms with Gasteiger partial charge in [-0.25, -0.2) is 4.79 Å². The quantitative estimate of drug-likeness (QED) is 0.696. The highest BCUT2D eigenvalue weighted by Gasteiger charge is 2.34. The van der Waals surface area contributed by atoms with Crippen molar-refractivity contribution in [3.8, 4) is 0 Å². The SMILES string of the molecule is CCOC(C)CNC(=O)C1CCC(C(=O)O)O1. The predicted octanol–water partition coefficient (Wildman–Crippen LogP) is 0.160. The number of nitrogens with one attached hydrogen (secondary N) is 1. The van der Waals surface area contributed by atoms with Gasteiger partial charge in [0.05, 0.1) is 6.10 Å². The molecule has 2 N–H and O–H groups in total. The minimum absolute atomic E-state index is 0.0550. The van der Waals surface area contributed by atoms with Crippen LogP contribution in [0.15, 0.2) is 0 Å². The Morgan fingerprint density at radius 3 is 2.65 bits per heavy atom. The summed E-state index contributed by atoms with van der Waals surface area (Å²) in [5, 5.41) is 11.4. The molecule has 0 saturated carbocycles. The van der Waals surface area contributed by atoms with Crippen molar-refractivity contribution in [3.05, 3.63) is 0 Å². The second-order valence-electron chi connectivity index (χ2n) is 4.04. The first-order chi connectivity index (χ1) is 8.04. The topological polar surface area (TPSA) is 84.9 Å². The van der Waals surface area contributed by atoms with E-state index >= 15 is 0 Å². The van der Waals surface area contributed by atoms with Crippen LogP contribution in [0.25, 0.3) is 0 Å². The van der Waals surface area contributed by atoms with Crippen LogP contribution in [0.1, 0.15) is 26.7 Å². The fourth-order valence-corrected chi connectivity index (χ4v) is 1.71. The van der Waals surface area contributed by atoms with E-state index < -0.39 is 18.2 Å². The minimum Gasteiger partial charge on any atom is -0.479 e. The number of rotatable bonds is 6. The molecule has 1 aliphatic heterocycles. The molecular formula is C11H19NO5. The lowest BCUT2D eigenvalue weighted by Crippen LogP contribution is -2.39. The van der Waals surface area contributed by atoms with Gasteiger partial charge in [-0.05, 0) is 26.7 Å². The van der Waals surface area contributed by atoms with Gasteiger partial charge in [-0.1, -0.05) is 0 Å². The monoisotopic (exact) mass is 245 g/mol. The van der Waals surface area contributed by atoms with Crippen molar-refractivity contribution in [1.29, 1.82) is 0 Å². The molecule has 1 rings (SSSR count). The maximum Gasteiger partial charge on any atom is 0.332 e. The summed E-state index contributed by atoms with van der Waals surface area (Å²) in [6, 6.07) is 0. The molecule has 6 heteroatoms. The van der Waals surface area contributed by atoms with Crippen molar-refractivity contribution in [1.82, 2.24) is 5.32 Å². The van der Waals surface area contributed by atoms with E-state index in [0.29, 0.717) is 26.0 Å². The first-order valence-corrected chi connectivity index (χ1v) is 5.82. The van der Waals surface area contributed by atoms with Crippen molar-refractivity contribution >= 4 is 11.9 Å². The lowest BCUT2D eigenvalue weighted by molar-refractivity contribution is -0.151. The van der Waals surface area contributed by atoms with Gasteiger partial charge in [-0.2, -0.15) is 0 Å². The number of hydrogen-bond acceptors (Lipinski definition) is 4. The van der Waals surface area contributed by atoms with Gasteiger partial charge < -0.3 is 19.9 Å². The minimum atomic E-state index is -1.01. The molecule has 0 spiro atoms. The zero-order valence-electron chi connectivity index (χ0n) is 10.1. The summed E-state index contributed by atoms with van der Waals surface area (Å²) >= 11 is 0. The third-order valence-corrected chi connectivity index (χ3v) is 2.60. The van der Waals surface area contributed by atoms with Crippen molar-refractivity contribution in [2.45, 2.75) is 45.0 Å². The Bertz CT molecular complexity index is 281. The maximum atomic E-state index is 11.6. The van der Waals surface area contributed by atoms with Crippen LogP contribution >= 0.6 is 0 Å². The van der Waals surface area contributed by atoms with E-state index in [1.54, 1.807) is 0 Å². The molecule has 0 aromatic carbocycles. The van der Waals surface area contributed by atoms with Crippen molar-refractivity contribution in [2.24, 2.45) is 0 Å². The summed E-state index contributed by atoms with van der Waals surface area (Å²) in [6.45, 7) is 4.75. The van der Waals surface area contributed by atoms with Crippen LogP contribution < -0.4 is 5.32 Å². The number of carbonyl (C=O) groups is 2. The Kier molecular flexibility index (Phi) is 5.37. The third kappa shape index (κ3) is 4.32. The normalized spacial score (nSPS) is 25.5. The van der Waals surface area contributed by atoms with Crippen LogP contribution in [0, 0.1) is 0 Å². The number of ether oxygens (including phenoxy) is 2. The molecule has 1 amide bonds. The predicted molar refractivity (Wildman–Crippen MR) is 59.6 cm³/mol. The molecule has 0 aromatic rings. The van der Waals surface area contributed by atoms with Gasteiger partial charge in [0, 0.05) is 13.2 Å². The van der Waals surface area contributed by atoms with Gasteiger partial charge in [0.15, 0.2) is 6.10 Å². The lowest BCUT2D eigenvalue weighted by atomic mass is 10.2. The van der Waals surface area contributed by atoms with Gasteiger partial charge in [0.2, 0.25) is 5.91 Å². The summed E-state index contributed by atoms with van der Waals surface area (Å²) in [6.07, 6.45) is -0.721. The van der Waals surface area contributed by atoms with Crippen molar-refractivity contribution < 1.29 is 24.2 Å². The summed E-state index contributed by atoms with van der Waals surface area (Å²) in [7, 11) is 0. The third-order valence-electron chi connectivity index (χ3n) is 2.60. The summed E-state index contributed by atoms with van der Waals surface area (Å²) < 4.78 is 10.4. The first kappa shape index (κ1) is 13.9. The van der Waals surface area contributed by atoms with E-state index in [2.05, 4.69) is 5.32 Å². The number of hydrogen-bond donors (Lipinski definition) is 2. The lowest BCUT2D eigenvalue weighted by Gasteiger charge is -2.15. The van der Waals surface area contributed by atoms with Crippen molar-refractivity contribution in [2.75, 3.05) is 13.2 Å². The molecule has 0 radical (unpaired) electrons. The molecule has 0 aromatic heterocycles. The van der Waals surface area contributed by atoms with Gasteiger partial charge >= 0.3 is 5.97 Å². The highest BCUT2D eigenvalue weighted by molar-refractivity contribution is 5.82.